The van der Waals surface area contributed by atoms with Crippen LogP contribution in [0.4, 0.5) is 4.39 Å². The van der Waals surface area contributed by atoms with Crippen LogP contribution in [-0.2, 0) is 22.7 Å². The summed E-state index contributed by atoms with van der Waals surface area (Å²) in [4.78, 5) is 63.0. The predicted octanol–water partition coefficient (Wildman–Crippen LogP) is 3.08. The average Bonchev–Trinajstić information content (AvgIpc) is 3.11. The average molecular weight is 663 g/mol. The second-order valence-corrected chi connectivity index (χ2v) is 11.9. The minimum absolute atomic E-state index is 0.0317. The van der Waals surface area contributed by atoms with Crippen molar-refractivity contribution in [2.75, 3.05) is 19.7 Å². The largest absolute Gasteiger partial charge is 0.488 e. The summed E-state index contributed by atoms with van der Waals surface area (Å²) in [5.74, 6) is -1.10. The molecule has 12 nitrogen and oxygen atoms in total. The highest BCUT2D eigenvalue weighted by atomic mass is 19.1. The van der Waals surface area contributed by atoms with E-state index in [0.29, 0.717) is 34.2 Å². The normalized spacial score (nSPS) is 18.0. The monoisotopic (exact) mass is 662 g/mol. The molecule has 5 aromatic rings. The number of likely N-dealkylation sites (tertiary alicyclic amines) is 1. The van der Waals surface area contributed by atoms with Gasteiger partial charge in [-0.3, -0.25) is 28.7 Å². The van der Waals surface area contributed by atoms with E-state index < -0.39 is 29.8 Å². The smallest absolute Gasteiger partial charge is 0.261 e. The molecule has 7 rings (SSSR count). The lowest BCUT2D eigenvalue weighted by atomic mass is 10.0. The predicted molar refractivity (Wildman–Crippen MR) is 176 cm³/mol. The van der Waals surface area contributed by atoms with Crippen LogP contribution in [0.1, 0.15) is 22.3 Å². The summed E-state index contributed by atoms with van der Waals surface area (Å²) >= 11 is 0. The van der Waals surface area contributed by atoms with Gasteiger partial charge in [-0.25, -0.2) is 9.37 Å². The number of hydrogen-bond donors (Lipinski definition) is 2. The van der Waals surface area contributed by atoms with Gasteiger partial charge >= 0.3 is 0 Å². The maximum atomic E-state index is 14.7. The summed E-state index contributed by atoms with van der Waals surface area (Å²) < 4.78 is 28.0. The van der Waals surface area contributed by atoms with Crippen molar-refractivity contribution in [1.29, 1.82) is 0 Å². The zero-order chi connectivity index (χ0) is 33.9. The van der Waals surface area contributed by atoms with Crippen LogP contribution in [0.25, 0.3) is 22.0 Å². The van der Waals surface area contributed by atoms with E-state index in [2.05, 4.69) is 20.6 Å². The number of rotatable bonds is 2. The van der Waals surface area contributed by atoms with Gasteiger partial charge in [-0.15, -0.1) is 0 Å². The number of carbonyl (C=O) groups excluding carboxylic acids is 3. The van der Waals surface area contributed by atoms with Crippen molar-refractivity contribution in [3.63, 3.8) is 0 Å². The maximum absolute atomic E-state index is 14.7. The Morgan fingerprint density at radius 3 is 2.69 bits per heavy atom. The zero-order valence-electron chi connectivity index (χ0n) is 26.2. The summed E-state index contributed by atoms with van der Waals surface area (Å²) in [6.45, 7) is -0.138. The van der Waals surface area contributed by atoms with Crippen molar-refractivity contribution in [2.45, 2.75) is 31.7 Å². The summed E-state index contributed by atoms with van der Waals surface area (Å²) in [5.41, 5.74) is 2.30. The number of hydrogen-bond acceptors (Lipinski definition) is 8. The lowest BCUT2D eigenvalue weighted by molar-refractivity contribution is -0.134. The maximum Gasteiger partial charge on any atom is 0.261 e. The number of amides is 3. The second-order valence-electron chi connectivity index (χ2n) is 11.9. The number of aromatic nitrogens is 3. The van der Waals surface area contributed by atoms with E-state index >= 15 is 0 Å². The molecule has 0 spiro atoms. The number of pyridine rings is 1. The topological polar surface area (TPSA) is 145 Å². The molecule has 2 aliphatic rings. The van der Waals surface area contributed by atoms with Crippen LogP contribution in [-0.4, -0.2) is 69.0 Å². The van der Waals surface area contributed by atoms with E-state index in [9.17, 15) is 23.6 Å². The van der Waals surface area contributed by atoms with Crippen LogP contribution in [0.3, 0.4) is 0 Å². The van der Waals surface area contributed by atoms with E-state index in [1.807, 2.05) is 6.07 Å². The van der Waals surface area contributed by atoms with E-state index in [1.54, 1.807) is 65.7 Å². The molecule has 0 saturated carbocycles. The Bertz CT molecular complexity index is 2140. The summed E-state index contributed by atoms with van der Waals surface area (Å²) in [6, 6.07) is 19.1. The highest BCUT2D eigenvalue weighted by molar-refractivity contribution is 5.95. The standard InChI is InChI=1S/C36H31FN6O6/c37-26-10-22-11-28(14-26)49-32-8-9-42(34(45)19-43-21-40-30-7-2-1-6-29(30)36(43)47)18-31(32)41-35(46)25-12-24(16-38-17-25)23-4-3-5-27(13-23)48-20-33(44)39-15-22/h1-7,10-14,16-17,21,31-32H,8-9,15,18-20H2,(H,39,44)(H,41,46)/t31-,32+/m1/s1. The van der Waals surface area contributed by atoms with Gasteiger partial charge in [0.05, 0.1) is 28.8 Å². The second kappa shape index (κ2) is 13.6. The van der Waals surface area contributed by atoms with Crippen LogP contribution in [0.2, 0.25) is 0 Å². The highest BCUT2D eigenvalue weighted by Gasteiger charge is 2.35. The highest BCUT2D eigenvalue weighted by Crippen LogP contribution is 2.26. The molecule has 0 unspecified atom stereocenters. The van der Waals surface area contributed by atoms with E-state index in [1.165, 1.54) is 29.2 Å². The summed E-state index contributed by atoms with van der Waals surface area (Å²) in [5, 5.41) is 6.14. The summed E-state index contributed by atoms with van der Waals surface area (Å²) in [6.07, 6.45) is 4.05. The van der Waals surface area contributed by atoms with E-state index in [0.717, 1.165) is 5.56 Å². The van der Waals surface area contributed by atoms with Crippen LogP contribution in [0, 0.1) is 5.82 Å². The first-order valence-corrected chi connectivity index (χ1v) is 15.7. The fourth-order valence-electron chi connectivity index (χ4n) is 6.01. The van der Waals surface area contributed by atoms with Crippen molar-refractivity contribution < 1.29 is 28.2 Å². The molecule has 3 amide bonds. The fourth-order valence-corrected chi connectivity index (χ4v) is 6.01. The van der Waals surface area contributed by atoms with Crippen LogP contribution >= 0.6 is 0 Å². The number of ether oxygens (including phenoxy) is 2. The number of benzene rings is 3. The molecule has 2 aliphatic heterocycles. The lowest BCUT2D eigenvalue weighted by Crippen LogP contribution is -2.58. The van der Waals surface area contributed by atoms with E-state index in [4.69, 9.17) is 9.47 Å². The molecule has 0 radical (unpaired) electrons. The Kier molecular flexibility index (Phi) is 8.71. The van der Waals surface area contributed by atoms with Crippen molar-refractivity contribution >= 4 is 28.6 Å². The molecule has 248 valence electrons. The minimum Gasteiger partial charge on any atom is -0.488 e. The molecule has 3 aromatic carbocycles. The Hall–Kier alpha value is -6.11. The van der Waals surface area contributed by atoms with E-state index in [-0.39, 0.29) is 55.6 Å². The third kappa shape index (κ3) is 7.10. The SMILES string of the molecule is O=C1COc2cccc(c2)-c2cncc(c2)C(=O)N[C@@H]2CN(C(=O)Cn3cnc4ccccc4c3=O)CC[C@@H]2Oc2cc(F)cc(c2)CN1. The van der Waals surface area contributed by atoms with Gasteiger partial charge in [0.15, 0.2) is 6.61 Å². The number of piperidine rings is 1. The Morgan fingerprint density at radius 2 is 1.80 bits per heavy atom. The third-order valence-electron chi connectivity index (χ3n) is 8.50. The van der Waals surface area contributed by atoms with Gasteiger partial charge in [-0.05, 0) is 53.6 Å². The number of nitrogens with zero attached hydrogens (tertiary/aromatic N) is 4. The first-order chi connectivity index (χ1) is 23.8. The number of para-hydroxylation sites is 1. The molecule has 1 saturated heterocycles. The van der Waals surface area contributed by atoms with Crippen LogP contribution in [0.15, 0.2) is 96.3 Å². The van der Waals surface area contributed by atoms with Gasteiger partial charge in [0, 0.05) is 50.1 Å². The van der Waals surface area contributed by atoms with Crippen LogP contribution < -0.4 is 25.7 Å². The molecule has 1 fully saturated rings. The molecule has 2 aromatic heterocycles. The lowest BCUT2D eigenvalue weighted by Gasteiger charge is -2.39. The molecule has 6 bridgehead atoms. The molecule has 0 aliphatic carbocycles. The molecule has 49 heavy (non-hydrogen) atoms. The Morgan fingerprint density at radius 1 is 0.939 bits per heavy atom. The van der Waals surface area contributed by atoms with Gasteiger partial charge in [-0.1, -0.05) is 24.3 Å². The van der Waals surface area contributed by atoms with Gasteiger partial charge in [-0.2, -0.15) is 0 Å². The van der Waals surface area contributed by atoms with Gasteiger partial charge in [0.2, 0.25) is 5.91 Å². The third-order valence-corrected chi connectivity index (χ3v) is 8.50. The zero-order valence-corrected chi connectivity index (χ0v) is 26.2. The quantitative estimate of drug-likeness (QED) is 0.294. The number of carbonyl (C=O) groups is 3. The van der Waals surface area contributed by atoms with Gasteiger partial charge in [0.1, 0.15) is 30.0 Å². The molecular formula is C36H31FN6O6. The van der Waals surface area contributed by atoms with Crippen molar-refractivity contribution in [1.82, 2.24) is 30.1 Å². The molecule has 13 heteroatoms. The number of fused-ring (bicyclic) bond motifs is 9. The molecule has 4 heterocycles. The van der Waals surface area contributed by atoms with Crippen LogP contribution in [0.5, 0.6) is 11.5 Å². The van der Waals surface area contributed by atoms with Crippen molar-refractivity contribution in [3.8, 4) is 22.6 Å². The molecule has 2 N–H and O–H groups in total. The summed E-state index contributed by atoms with van der Waals surface area (Å²) in [7, 11) is 0. The fraction of sp³-hybridized carbons (Fsp3) is 0.222. The number of halogens is 1. The Labute approximate surface area is 279 Å². The number of nitrogens with one attached hydrogen (secondary N) is 2. The minimum atomic E-state index is -0.717. The van der Waals surface area contributed by atoms with Crippen molar-refractivity contribution in [2.24, 2.45) is 0 Å². The Balaban J connectivity index is 1.18. The molecule has 2 atom stereocenters. The van der Waals surface area contributed by atoms with Crippen molar-refractivity contribution in [3.05, 3.63) is 119 Å². The first kappa shape index (κ1) is 31.5. The molecular weight excluding hydrogens is 631 g/mol. The van der Waals surface area contributed by atoms with Gasteiger partial charge < -0.3 is 25.0 Å². The van der Waals surface area contributed by atoms with Gasteiger partial charge in [0.25, 0.3) is 17.4 Å². The first-order valence-electron chi connectivity index (χ1n) is 15.7.